The molecule has 0 aliphatic heterocycles. The highest BCUT2D eigenvalue weighted by Gasteiger charge is 2.00. The minimum Gasteiger partial charge on any atom is -0.141 e. The molecule has 54 valence electrons. The lowest BCUT2D eigenvalue weighted by Crippen LogP contribution is -1.77. The Morgan fingerprint density at radius 3 is 2.40 bits per heavy atom. The first-order valence-electron chi connectivity index (χ1n) is 2.45. The molecule has 0 fully saturated rings. The molecule has 0 atom stereocenters. The summed E-state index contributed by atoms with van der Waals surface area (Å²) in [6.07, 6.45) is 0. The molecule has 0 aliphatic carbocycles. The maximum absolute atomic E-state index is 4.28. The molecule has 1 aromatic carbocycles. The SMILES string of the molecule is Sc1c(Br)cc(Br)cc1I. The molecule has 1 aromatic rings. The first kappa shape index (κ1) is 9.35. The predicted molar refractivity (Wildman–Crippen MR) is 61.8 cm³/mol. The van der Waals surface area contributed by atoms with Gasteiger partial charge in [0.25, 0.3) is 0 Å². The summed E-state index contributed by atoms with van der Waals surface area (Å²) >= 11 is 13.3. The zero-order valence-corrected chi connectivity index (χ0v) is 11.0. The Morgan fingerprint density at radius 1 is 1.30 bits per heavy atom. The van der Waals surface area contributed by atoms with Gasteiger partial charge in [-0.1, -0.05) is 15.9 Å². The molecule has 0 heterocycles. The highest BCUT2D eigenvalue weighted by Crippen LogP contribution is 2.29. The molecule has 0 amide bonds. The molecule has 0 aromatic heterocycles. The van der Waals surface area contributed by atoms with E-state index in [1.54, 1.807) is 0 Å². The van der Waals surface area contributed by atoms with Crippen molar-refractivity contribution in [2.75, 3.05) is 0 Å². The first-order valence-corrected chi connectivity index (χ1v) is 5.56. The normalized spacial score (nSPS) is 10.0. The van der Waals surface area contributed by atoms with Gasteiger partial charge in [0.15, 0.2) is 0 Å². The van der Waals surface area contributed by atoms with E-state index in [0.717, 1.165) is 17.4 Å². The van der Waals surface area contributed by atoms with Crippen LogP contribution in [0, 0.1) is 3.57 Å². The number of benzene rings is 1. The highest BCUT2D eigenvalue weighted by atomic mass is 127. The van der Waals surface area contributed by atoms with Crippen molar-refractivity contribution in [1.29, 1.82) is 0 Å². The van der Waals surface area contributed by atoms with E-state index in [1.165, 1.54) is 0 Å². The van der Waals surface area contributed by atoms with Crippen molar-refractivity contribution in [3.63, 3.8) is 0 Å². The van der Waals surface area contributed by atoms with E-state index in [9.17, 15) is 0 Å². The number of hydrogen-bond acceptors (Lipinski definition) is 1. The lowest BCUT2D eigenvalue weighted by molar-refractivity contribution is 1.35. The van der Waals surface area contributed by atoms with E-state index in [-0.39, 0.29) is 0 Å². The summed E-state index contributed by atoms with van der Waals surface area (Å²) in [5.41, 5.74) is 0. The van der Waals surface area contributed by atoms with Gasteiger partial charge in [0, 0.05) is 17.4 Å². The number of hydrogen-bond donors (Lipinski definition) is 1. The largest absolute Gasteiger partial charge is 0.141 e. The highest BCUT2D eigenvalue weighted by molar-refractivity contribution is 14.1. The molecule has 1 rings (SSSR count). The fourth-order valence-electron chi connectivity index (χ4n) is 0.535. The van der Waals surface area contributed by atoms with Gasteiger partial charge in [-0.05, 0) is 50.7 Å². The van der Waals surface area contributed by atoms with Crippen LogP contribution in [0.25, 0.3) is 0 Å². The van der Waals surface area contributed by atoms with Crippen LogP contribution in [-0.2, 0) is 0 Å². The second kappa shape index (κ2) is 3.78. The molecular formula is C6H3Br2IS. The van der Waals surface area contributed by atoms with Crippen LogP contribution in [-0.4, -0.2) is 0 Å². The summed E-state index contributed by atoms with van der Waals surface area (Å²) in [6.45, 7) is 0. The van der Waals surface area contributed by atoms with Gasteiger partial charge in [-0.15, -0.1) is 12.6 Å². The minimum atomic E-state index is 0.990. The molecule has 0 bridgehead atoms. The van der Waals surface area contributed by atoms with Crippen LogP contribution in [0.15, 0.2) is 26.0 Å². The number of rotatable bonds is 0. The van der Waals surface area contributed by atoms with E-state index in [4.69, 9.17) is 0 Å². The lowest BCUT2D eigenvalue weighted by atomic mass is 10.4. The van der Waals surface area contributed by atoms with E-state index in [2.05, 4.69) is 67.1 Å². The Morgan fingerprint density at radius 2 is 1.90 bits per heavy atom. The summed E-state index contributed by atoms with van der Waals surface area (Å²) in [5, 5.41) is 0. The van der Waals surface area contributed by atoms with Crippen molar-refractivity contribution < 1.29 is 0 Å². The lowest BCUT2D eigenvalue weighted by Gasteiger charge is -2.00. The molecule has 0 N–H and O–H groups in total. The summed E-state index contributed by atoms with van der Waals surface area (Å²) in [5.74, 6) is 0. The Kier molecular flexibility index (Phi) is 3.53. The molecule has 0 nitrogen and oxygen atoms in total. The summed E-state index contributed by atoms with van der Waals surface area (Å²) < 4.78 is 3.23. The maximum atomic E-state index is 4.28. The molecule has 4 heteroatoms. The molecule has 0 saturated heterocycles. The Labute approximate surface area is 95.6 Å². The van der Waals surface area contributed by atoms with Gasteiger partial charge in [0.1, 0.15) is 0 Å². The predicted octanol–water partition coefficient (Wildman–Crippen LogP) is 4.10. The average Bonchev–Trinajstić information content (AvgIpc) is 1.82. The molecule has 0 aliphatic rings. The van der Waals surface area contributed by atoms with Crippen molar-refractivity contribution in [1.82, 2.24) is 0 Å². The molecule has 10 heavy (non-hydrogen) atoms. The van der Waals surface area contributed by atoms with Crippen molar-refractivity contribution in [3.05, 3.63) is 24.6 Å². The molecular weight excluding hydrogens is 391 g/mol. The maximum Gasteiger partial charge on any atom is 0.0330 e. The van der Waals surface area contributed by atoms with Crippen LogP contribution >= 0.6 is 67.1 Å². The summed E-state index contributed by atoms with van der Waals surface area (Å²) in [6, 6.07) is 4.00. The van der Waals surface area contributed by atoms with Gasteiger partial charge in [-0.25, -0.2) is 0 Å². The van der Waals surface area contributed by atoms with Crippen LogP contribution < -0.4 is 0 Å². The van der Waals surface area contributed by atoms with E-state index in [0.29, 0.717) is 0 Å². The Bertz CT molecular complexity index is 239. The van der Waals surface area contributed by atoms with Crippen LogP contribution in [0.4, 0.5) is 0 Å². The Hall–Kier alpha value is 1.26. The van der Waals surface area contributed by atoms with E-state index >= 15 is 0 Å². The van der Waals surface area contributed by atoms with Crippen molar-refractivity contribution >= 4 is 67.1 Å². The average molecular weight is 394 g/mol. The second-order valence-electron chi connectivity index (χ2n) is 1.72. The second-order valence-corrected chi connectivity index (χ2v) is 5.10. The fraction of sp³-hybridized carbons (Fsp3) is 0. The van der Waals surface area contributed by atoms with Crippen LogP contribution in [0.3, 0.4) is 0 Å². The summed E-state index contributed by atoms with van der Waals surface area (Å²) in [4.78, 5) is 0.990. The van der Waals surface area contributed by atoms with Crippen LogP contribution in [0.5, 0.6) is 0 Å². The van der Waals surface area contributed by atoms with Crippen molar-refractivity contribution in [2.24, 2.45) is 0 Å². The molecule has 0 radical (unpaired) electrons. The van der Waals surface area contributed by atoms with Gasteiger partial charge < -0.3 is 0 Å². The Balaban J connectivity index is 3.31. The quantitative estimate of drug-likeness (QED) is 0.498. The van der Waals surface area contributed by atoms with Crippen LogP contribution in [0.1, 0.15) is 0 Å². The monoisotopic (exact) mass is 392 g/mol. The third-order valence-electron chi connectivity index (χ3n) is 0.982. The smallest absolute Gasteiger partial charge is 0.0330 e. The molecule has 0 unspecified atom stereocenters. The third-order valence-corrected chi connectivity index (χ3v) is 4.13. The van der Waals surface area contributed by atoms with Crippen LogP contribution in [0.2, 0.25) is 0 Å². The zero-order valence-electron chi connectivity index (χ0n) is 4.74. The topological polar surface area (TPSA) is 0 Å². The van der Waals surface area contributed by atoms with Crippen molar-refractivity contribution in [3.8, 4) is 0 Å². The number of halogens is 3. The van der Waals surface area contributed by atoms with Crippen molar-refractivity contribution in [2.45, 2.75) is 4.90 Å². The van der Waals surface area contributed by atoms with Gasteiger partial charge in [0.05, 0.1) is 0 Å². The van der Waals surface area contributed by atoms with Gasteiger partial charge >= 0.3 is 0 Å². The zero-order chi connectivity index (χ0) is 7.72. The fourth-order valence-corrected chi connectivity index (χ4v) is 3.31. The van der Waals surface area contributed by atoms with Gasteiger partial charge in [-0.2, -0.15) is 0 Å². The summed E-state index contributed by atoms with van der Waals surface area (Å²) in [7, 11) is 0. The first-order chi connectivity index (χ1) is 4.61. The van der Waals surface area contributed by atoms with Gasteiger partial charge in [-0.3, -0.25) is 0 Å². The minimum absolute atomic E-state index is 0.990. The van der Waals surface area contributed by atoms with E-state index in [1.807, 2.05) is 12.1 Å². The molecule has 0 spiro atoms. The molecule has 0 saturated carbocycles. The van der Waals surface area contributed by atoms with Gasteiger partial charge in [0.2, 0.25) is 0 Å². The third kappa shape index (κ3) is 2.12. The number of thiol groups is 1. The van der Waals surface area contributed by atoms with E-state index < -0.39 is 0 Å². The standard InChI is InChI=1S/C6H3Br2IS/c7-3-1-4(8)6(10)5(9)2-3/h1-2,10H.